The van der Waals surface area contributed by atoms with E-state index in [-0.39, 0.29) is 11.7 Å². The molecule has 2 aromatic carbocycles. The van der Waals surface area contributed by atoms with Crippen molar-refractivity contribution in [2.24, 2.45) is 0 Å². The van der Waals surface area contributed by atoms with Crippen LogP contribution in [0.4, 0.5) is 24.3 Å². The molecule has 3 rings (SSSR count). The SMILES string of the molecule is CN(Cc1ccc(OC(F)F)cc1)C(=O)c1ccc(NC(=O)Nc2ccccc2)s1. The van der Waals surface area contributed by atoms with Crippen LogP contribution >= 0.6 is 11.3 Å². The van der Waals surface area contributed by atoms with Crippen LogP contribution in [0.25, 0.3) is 0 Å². The van der Waals surface area contributed by atoms with E-state index in [2.05, 4.69) is 15.4 Å². The minimum atomic E-state index is -2.88. The maximum Gasteiger partial charge on any atom is 0.387 e. The van der Waals surface area contributed by atoms with Gasteiger partial charge in [0.15, 0.2) is 0 Å². The van der Waals surface area contributed by atoms with Crippen molar-refractivity contribution in [2.75, 3.05) is 17.7 Å². The molecule has 0 fully saturated rings. The lowest BCUT2D eigenvalue weighted by atomic mass is 10.2. The van der Waals surface area contributed by atoms with E-state index in [0.717, 1.165) is 16.9 Å². The van der Waals surface area contributed by atoms with Gasteiger partial charge in [-0.2, -0.15) is 8.78 Å². The fourth-order valence-electron chi connectivity index (χ4n) is 2.63. The number of thiophene rings is 1. The summed E-state index contributed by atoms with van der Waals surface area (Å²) in [7, 11) is 1.64. The molecule has 3 aromatic rings. The molecule has 0 saturated carbocycles. The third kappa shape index (κ3) is 6.02. The summed E-state index contributed by atoms with van der Waals surface area (Å²) in [4.78, 5) is 26.7. The van der Waals surface area contributed by atoms with E-state index in [1.54, 1.807) is 43.4 Å². The van der Waals surface area contributed by atoms with Crippen LogP contribution in [0.2, 0.25) is 0 Å². The maximum absolute atomic E-state index is 12.6. The van der Waals surface area contributed by atoms with E-state index >= 15 is 0 Å². The zero-order valence-corrected chi connectivity index (χ0v) is 16.8. The van der Waals surface area contributed by atoms with Crippen LogP contribution in [0.15, 0.2) is 66.7 Å². The molecule has 0 bridgehead atoms. The number of amides is 3. The zero-order valence-electron chi connectivity index (χ0n) is 16.0. The number of urea groups is 1. The van der Waals surface area contributed by atoms with Crippen molar-refractivity contribution < 1.29 is 23.1 Å². The Morgan fingerprint density at radius 3 is 2.37 bits per heavy atom. The molecule has 30 heavy (non-hydrogen) atoms. The van der Waals surface area contributed by atoms with Crippen molar-refractivity contribution in [3.8, 4) is 5.75 Å². The third-order valence-corrected chi connectivity index (χ3v) is 4.99. The van der Waals surface area contributed by atoms with Crippen molar-refractivity contribution in [2.45, 2.75) is 13.2 Å². The second-order valence-corrected chi connectivity index (χ2v) is 7.38. The number of benzene rings is 2. The van der Waals surface area contributed by atoms with Gasteiger partial charge in [-0.25, -0.2) is 4.79 Å². The van der Waals surface area contributed by atoms with Gasteiger partial charge in [0.25, 0.3) is 5.91 Å². The summed E-state index contributed by atoms with van der Waals surface area (Å²) in [5.41, 5.74) is 1.43. The summed E-state index contributed by atoms with van der Waals surface area (Å²) < 4.78 is 28.7. The largest absolute Gasteiger partial charge is 0.435 e. The molecular formula is C21H19F2N3O3S. The molecule has 2 N–H and O–H groups in total. The number of carbonyl (C=O) groups excluding carboxylic acids is 2. The highest BCUT2D eigenvalue weighted by molar-refractivity contribution is 7.18. The molecule has 0 aliphatic rings. The molecule has 6 nitrogen and oxygen atoms in total. The molecule has 1 aromatic heterocycles. The Kier molecular flexibility index (Phi) is 6.97. The van der Waals surface area contributed by atoms with E-state index in [1.165, 1.54) is 17.0 Å². The molecule has 0 unspecified atom stereocenters. The maximum atomic E-state index is 12.6. The van der Waals surface area contributed by atoms with E-state index < -0.39 is 12.6 Å². The molecule has 1 heterocycles. The highest BCUT2D eigenvalue weighted by atomic mass is 32.1. The number of carbonyl (C=O) groups is 2. The summed E-state index contributed by atoms with van der Waals surface area (Å²) in [5, 5.41) is 5.94. The number of hydrogen-bond donors (Lipinski definition) is 2. The lowest BCUT2D eigenvalue weighted by Gasteiger charge is -2.16. The molecule has 0 aliphatic heterocycles. The quantitative estimate of drug-likeness (QED) is 0.536. The van der Waals surface area contributed by atoms with Gasteiger partial charge in [-0.3, -0.25) is 10.1 Å². The second-order valence-electron chi connectivity index (χ2n) is 6.29. The van der Waals surface area contributed by atoms with Crippen LogP contribution in [0.3, 0.4) is 0 Å². The first kappa shape index (κ1) is 21.3. The van der Waals surface area contributed by atoms with Gasteiger partial charge in [0, 0.05) is 19.3 Å². The van der Waals surface area contributed by atoms with Crippen molar-refractivity contribution in [1.29, 1.82) is 0 Å². The number of hydrogen-bond acceptors (Lipinski definition) is 4. The second kappa shape index (κ2) is 9.84. The summed E-state index contributed by atoms with van der Waals surface area (Å²) in [5.74, 6) is -0.157. The van der Waals surface area contributed by atoms with Gasteiger partial charge < -0.3 is 15.0 Å². The number of nitrogens with zero attached hydrogens (tertiary/aromatic N) is 1. The van der Waals surface area contributed by atoms with Gasteiger partial charge in [0.2, 0.25) is 0 Å². The highest BCUT2D eigenvalue weighted by Crippen LogP contribution is 2.24. The van der Waals surface area contributed by atoms with Gasteiger partial charge in [-0.1, -0.05) is 30.3 Å². The first-order chi connectivity index (χ1) is 14.4. The first-order valence-corrected chi connectivity index (χ1v) is 9.74. The van der Waals surface area contributed by atoms with Crippen LogP contribution in [0, 0.1) is 0 Å². The van der Waals surface area contributed by atoms with Crippen LogP contribution in [-0.2, 0) is 6.54 Å². The molecule has 0 aliphatic carbocycles. The summed E-state index contributed by atoms with van der Waals surface area (Å²) >= 11 is 1.16. The average molecular weight is 431 g/mol. The van der Waals surface area contributed by atoms with Gasteiger partial charge in [-0.05, 0) is 42.0 Å². The molecule has 9 heteroatoms. The molecular weight excluding hydrogens is 412 g/mol. The average Bonchev–Trinajstić information content (AvgIpc) is 3.17. The standard InChI is InChI=1S/C21H19F2N3O3S/c1-26(13-14-7-9-16(10-8-14)29-20(22)23)19(27)17-11-12-18(30-17)25-21(28)24-15-5-3-2-4-6-15/h2-12,20H,13H2,1H3,(H2,24,25,28). The number of anilines is 2. The predicted octanol–water partition coefficient (Wildman–Crippen LogP) is 5.27. The Bertz CT molecular complexity index is 994. The third-order valence-electron chi connectivity index (χ3n) is 4.00. The zero-order chi connectivity index (χ0) is 21.5. The number of para-hydroxylation sites is 1. The topological polar surface area (TPSA) is 70.7 Å². The van der Waals surface area contributed by atoms with Crippen LogP contribution in [0.1, 0.15) is 15.2 Å². The number of halogens is 2. The Balaban J connectivity index is 1.55. The fraction of sp³-hybridized carbons (Fsp3) is 0.143. The van der Waals surface area contributed by atoms with Crippen molar-refractivity contribution in [3.05, 3.63) is 77.2 Å². The van der Waals surface area contributed by atoms with E-state index in [4.69, 9.17) is 0 Å². The number of nitrogens with one attached hydrogen (secondary N) is 2. The summed E-state index contributed by atoms with van der Waals surface area (Å²) in [6.07, 6.45) is 0. The minimum absolute atomic E-state index is 0.0606. The highest BCUT2D eigenvalue weighted by Gasteiger charge is 2.16. The Morgan fingerprint density at radius 2 is 1.70 bits per heavy atom. The lowest BCUT2D eigenvalue weighted by Crippen LogP contribution is -2.25. The Morgan fingerprint density at radius 1 is 1.00 bits per heavy atom. The van der Waals surface area contributed by atoms with Crippen molar-refractivity contribution >= 4 is 34.0 Å². The van der Waals surface area contributed by atoms with Gasteiger partial charge in [0.1, 0.15) is 5.75 Å². The Labute approximate surface area is 176 Å². The molecule has 156 valence electrons. The smallest absolute Gasteiger partial charge is 0.387 e. The first-order valence-electron chi connectivity index (χ1n) is 8.93. The Hall–Kier alpha value is -3.46. The number of ether oxygens (including phenoxy) is 1. The normalized spacial score (nSPS) is 10.5. The predicted molar refractivity (Wildman–Crippen MR) is 112 cm³/mol. The van der Waals surface area contributed by atoms with Gasteiger partial charge in [-0.15, -0.1) is 11.3 Å². The van der Waals surface area contributed by atoms with Crippen molar-refractivity contribution in [3.63, 3.8) is 0 Å². The van der Waals surface area contributed by atoms with E-state index in [1.807, 2.05) is 18.2 Å². The van der Waals surface area contributed by atoms with Crippen LogP contribution in [0.5, 0.6) is 5.75 Å². The van der Waals surface area contributed by atoms with Gasteiger partial charge >= 0.3 is 12.6 Å². The number of rotatable bonds is 7. The summed E-state index contributed by atoms with van der Waals surface area (Å²) in [6.45, 7) is -2.58. The monoisotopic (exact) mass is 431 g/mol. The van der Waals surface area contributed by atoms with E-state index in [0.29, 0.717) is 22.1 Å². The van der Waals surface area contributed by atoms with E-state index in [9.17, 15) is 18.4 Å². The minimum Gasteiger partial charge on any atom is -0.435 e. The number of alkyl halides is 2. The van der Waals surface area contributed by atoms with Crippen LogP contribution in [-0.4, -0.2) is 30.5 Å². The molecule has 0 saturated heterocycles. The fourth-order valence-corrected chi connectivity index (χ4v) is 3.52. The lowest BCUT2D eigenvalue weighted by molar-refractivity contribution is -0.0498. The summed E-state index contributed by atoms with van der Waals surface area (Å²) in [6, 6.07) is 18.0. The molecule has 0 spiro atoms. The van der Waals surface area contributed by atoms with Crippen LogP contribution < -0.4 is 15.4 Å². The molecule has 0 atom stereocenters. The molecule has 0 radical (unpaired) electrons. The van der Waals surface area contributed by atoms with Crippen molar-refractivity contribution in [1.82, 2.24) is 4.90 Å². The van der Waals surface area contributed by atoms with Gasteiger partial charge in [0.05, 0.1) is 9.88 Å². The molecule has 3 amide bonds.